The van der Waals surface area contributed by atoms with Crippen LogP contribution in [0, 0.1) is 0 Å². The molecule has 0 aliphatic heterocycles. The van der Waals surface area contributed by atoms with Gasteiger partial charge in [-0.15, -0.1) is 0 Å². The Hall–Kier alpha value is -2.27. The minimum absolute atomic E-state index is 0.367. The van der Waals surface area contributed by atoms with E-state index in [1.54, 1.807) is 32.4 Å². The van der Waals surface area contributed by atoms with Crippen LogP contribution >= 0.6 is 15.9 Å². The zero-order valence-corrected chi connectivity index (χ0v) is 14.7. The van der Waals surface area contributed by atoms with Crippen LogP contribution in [0.2, 0.25) is 0 Å². The maximum absolute atomic E-state index is 11.8. The van der Waals surface area contributed by atoms with Crippen LogP contribution in [0.4, 0.5) is 0 Å². The molecule has 0 N–H and O–H groups in total. The van der Waals surface area contributed by atoms with Crippen molar-refractivity contribution < 1.29 is 19.0 Å². The first kappa shape index (κ1) is 17.1. The number of esters is 1. The molecule has 4 nitrogen and oxygen atoms in total. The van der Waals surface area contributed by atoms with E-state index in [9.17, 15) is 4.79 Å². The van der Waals surface area contributed by atoms with Gasteiger partial charge in [0.15, 0.2) is 0 Å². The maximum Gasteiger partial charge on any atom is 0.338 e. The fraction of sp³-hybridized carbons (Fsp3) is 0.167. The number of halogens is 1. The van der Waals surface area contributed by atoms with Crippen LogP contribution in [0.5, 0.6) is 11.5 Å². The minimum atomic E-state index is -0.367. The molecule has 0 unspecified atom stereocenters. The van der Waals surface area contributed by atoms with E-state index >= 15 is 0 Å². The number of ether oxygens (including phenoxy) is 3. The van der Waals surface area contributed by atoms with E-state index in [1.165, 1.54) is 7.11 Å². The molecule has 120 valence electrons. The van der Waals surface area contributed by atoms with Gasteiger partial charge in [-0.05, 0) is 33.6 Å². The van der Waals surface area contributed by atoms with Crippen LogP contribution in [0.1, 0.15) is 21.5 Å². The zero-order chi connectivity index (χ0) is 16.8. The number of carbonyl (C=O) groups excluding carboxylic acids is 1. The van der Waals surface area contributed by atoms with Crippen LogP contribution in [-0.2, 0) is 4.74 Å². The molecule has 0 atom stereocenters. The molecule has 5 heteroatoms. The molecular weight excluding hydrogens is 360 g/mol. The van der Waals surface area contributed by atoms with E-state index in [1.807, 2.05) is 30.4 Å². The van der Waals surface area contributed by atoms with Gasteiger partial charge in [-0.25, -0.2) is 4.79 Å². The van der Waals surface area contributed by atoms with Crippen LogP contribution in [0.3, 0.4) is 0 Å². The molecule has 2 rings (SSSR count). The quantitative estimate of drug-likeness (QED) is 0.572. The van der Waals surface area contributed by atoms with E-state index < -0.39 is 0 Å². The highest BCUT2D eigenvalue weighted by Crippen LogP contribution is 2.33. The summed E-state index contributed by atoms with van der Waals surface area (Å²) in [5.74, 6) is 0.999. The Labute approximate surface area is 143 Å². The van der Waals surface area contributed by atoms with Gasteiger partial charge in [0.1, 0.15) is 11.5 Å². The van der Waals surface area contributed by atoms with E-state index in [4.69, 9.17) is 14.2 Å². The predicted molar refractivity (Wildman–Crippen MR) is 94.0 cm³/mol. The van der Waals surface area contributed by atoms with E-state index in [2.05, 4.69) is 15.9 Å². The lowest BCUT2D eigenvalue weighted by Gasteiger charge is -2.10. The first-order chi connectivity index (χ1) is 11.1. The van der Waals surface area contributed by atoms with Crippen LogP contribution in [0.15, 0.2) is 40.9 Å². The fourth-order valence-electron chi connectivity index (χ4n) is 2.13. The number of hydrogen-bond donors (Lipinski definition) is 0. The van der Waals surface area contributed by atoms with E-state index in [0.29, 0.717) is 17.1 Å². The molecule has 0 radical (unpaired) electrons. The number of rotatable bonds is 5. The van der Waals surface area contributed by atoms with Crippen LogP contribution < -0.4 is 9.47 Å². The van der Waals surface area contributed by atoms with E-state index in [0.717, 1.165) is 15.6 Å². The highest BCUT2D eigenvalue weighted by Gasteiger charge is 2.10. The summed E-state index contributed by atoms with van der Waals surface area (Å²) < 4.78 is 16.3. The van der Waals surface area contributed by atoms with Gasteiger partial charge in [0.2, 0.25) is 0 Å². The van der Waals surface area contributed by atoms with Crippen LogP contribution in [0.25, 0.3) is 12.2 Å². The van der Waals surface area contributed by atoms with Crippen molar-refractivity contribution >= 4 is 34.1 Å². The summed E-state index contributed by atoms with van der Waals surface area (Å²) in [7, 11) is 4.57. The van der Waals surface area contributed by atoms with Gasteiger partial charge in [0, 0.05) is 11.6 Å². The number of carbonyl (C=O) groups is 1. The predicted octanol–water partition coefficient (Wildman–Crippen LogP) is 4.42. The summed E-state index contributed by atoms with van der Waals surface area (Å²) in [6, 6.07) is 11.0. The van der Waals surface area contributed by atoms with Crippen molar-refractivity contribution in [3.8, 4) is 11.5 Å². The highest BCUT2D eigenvalue weighted by molar-refractivity contribution is 9.10. The van der Waals surface area contributed by atoms with Crippen molar-refractivity contribution in [1.29, 1.82) is 0 Å². The van der Waals surface area contributed by atoms with Gasteiger partial charge in [0.05, 0.1) is 31.4 Å². The molecule has 0 saturated carbocycles. The lowest BCUT2D eigenvalue weighted by Crippen LogP contribution is -2.03. The zero-order valence-electron chi connectivity index (χ0n) is 13.1. The minimum Gasteiger partial charge on any atom is -0.496 e. The smallest absolute Gasteiger partial charge is 0.338 e. The Balaban J connectivity index is 2.41. The Morgan fingerprint density at radius 3 is 2.26 bits per heavy atom. The monoisotopic (exact) mass is 376 g/mol. The Morgan fingerprint density at radius 2 is 1.61 bits per heavy atom. The first-order valence-corrected chi connectivity index (χ1v) is 7.67. The van der Waals surface area contributed by atoms with Crippen molar-refractivity contribution in [2.75, 3.05) is 21.3 Å². The standard InChI is InChI=1S/C18H17BrO4/c1-21-16-11-17(22-2)15(19)10-13(16)9-8-12-6-4-5-7-14(12)18(20)23-3/h4-11H,1-3H3. The Bertz CT molecular complexity index is 738. The van der Waals surface area contributed by atoms with Gasteiger partial charge in [0.25, 0.3) is 0 Å². The van der Waals surface area contributed by atoms with Gasteiger partial charge in [-0.1, -0.05) is 30.4 Å². The summed E-state index contributed by atoms with van der Waals surface area (Å²) >= 11 is 3.46. The second-order valence-corrected chi connectivity index (χ2v) is 5.50. The third kappa shape index (κ3) is 3.93. The molecular formula is C18H17BrO4. The van der Waals surface area contributed by atoms with Crippen molar-refractivity contribution in [1.82, 2.24) is 0 Å². The fourth-order valence-corrected chi connectivity index (χ4v) is 2.65. The largest absolute Gasteiger partial charge is 0.496 e. The summed E-state index contributed by atoms with van der Waals surface area (Å²) in [6.45, 7) is 0. The number of hydrogen-bond acceptors (Lipinski definition) is 4. The van der Waals surface area contributed by atoms with Gasteiger partial charge >= 0.3 is 5.97 Å². The average molecular weight is 377 g/mol. The van der Waals surface area contributed by atoms with Crippen LogP contribution in [-0.4, -0.2) is 27.3 Å². The van der Waals surface area contributed by atoms with Gasteiger partial charge < -0.3 is 14.2 Å². The lowest BCUT2D eigenvalue weighted by atomic mass is 10.1. The molecule has 0 aliphatic rings. The first-order valence-electron chi connectivity index (χ1n) is 6.87. The second-order valence-electron chi connectivity index (χ2n) is 4.64. The summed E-state index contributed by atoms with van der Waals surface area (Å²) in [5.41, 5.74) is 2.14. The molecule has 0 amide bonds. The van der Waals surface area contributed by atoms with Crippen molar-refractivity contribution in [2.24, 2.45) is 0 Å². The molecule has 0 aliphatic carbocycles. The van der Waals surface area contributed by atoms with Crippen molar-refractivity contribution in [3.63, 3.8) is 0 Å². The topological polar surface area (TPSA) is 44.8 Å². The second kappa shape index (κ2) is 7.83. The van der Waals surface area contributed by atoms with Crippen molar-refractivity contribution in [3.05, 3.63) is 57.6 Å². The Morgan fingerprint density at radius 1 is 0.957 bits per heavy atom. The molecule has 0 fully saturated rings. The molecule has 2 aromatic rings. The third-order valence-corrected chi connectivity index (χ3v) is 3.93. The third-order valence-electron chi connectivity index (χ3n) is 3.31. The summed E-state index contributed by atoms with van der Waals surface area (Å²) in [4.78, 5) is 11.8. The SMILES string of the molecule is COC(=O)c1ccccc1C=Cc1cc(Br)c(OC)cc1OC. The molecule has 0 bridgehead atoms. The summed E-state index contributed by atoms with van der Waals surface area (Å²) in [5, 5.41) is 0. The van der Waals surface area contributed by atoms with Gasteiger partial charge in [-0.2, -0.15) is 0 Å². The molecule has 0 spiro atoms. The molecule has 0 heterocycles. The molecule has 2 aromatic carbocycles. The normalized spacial score (nSPS) is 10.6. The number of benzene rings is 2. The Kier molecular flexibility index (Phi) is 5.82. The van der Waals surface area contributed by atoms with Crippen molar-refractivity contribution in [2.45, 2.75) is 0 Å². The molecule has 0 saturated heterocycles. The maximum atomic E-state index is 11.8. The van der Waals surface area contributed by atoms with Gasteiger partial charge in [-0.3, -0.25) is 0 Å². The van der Waals surface area contributed by atoms with E-state index in [-0.39, 0.29) is 5.97 Å². The highest BCUT2D eigenvalue weighted by atomic mass is 79.9. The number of methoxy groups -OCH3 is 3. The lowest BCUT2D eigenvalue weighted by molar-refractivity contribution is 0.0600. The molecule has 23 heavy (non-hydrogen) atoms. The average Bonchev–Trinajstić information content (AvgIpc) is 2.59. The molecule has 0 aromatic heterocycles. The summed E-state index contributed by atoms with van der Waals surface area (Å²) in [6.07, 6.45) is 3.73.